The van der Waals surface area contributed by atoms with Crippen molar-refractivity contribution in [1.29, 1.82) is 0 Å². The van der Waals surface area contributed by atoms with Gasteiger partial charge in [0.2, 0.25) is 0 Å². The molecular weight excluding hydrogens is 216 g/mol. The van der Waals surface area contributed by atoms with Gasteiger partial charge in [0.15, 0.2) is 0 Å². The number of halogens is 1. The SMILES string of the molecule is CCOc1c(C)cc(C)cc1Br. The molecule has 0 spiro atoms. The van der Waals surface area contributed by atoms with Crippen molar-refractivity contribution in [2.45, 2.75) is 20.8 Å². The molecule has 0 N–H and O–H groups in total. The fraction of sp³-hybridized carbons (Fsp3) is 0.400. The maximum absolute atomic E-state index is 5.48. The molecule has 0 fully saturated rings. The van der Waals surface area contributed by atoms with E-state index < -0.39 is 0 Å². The minimum absolute atomic E-state index is 0.711. The molecule has 12 heavy (non-hydrogen) atoms. The van der Waals surface area contributed by atoms with Crippen LogP contribution in [0, 0.1) is 13.8 Å². The molecule has 0 saturated carbocycles. The lowest BCUT2D eigenvalue weighted by molar-refractivity contribution is 0.335. The maximum Gasteiger partial charge on any atom is 0.136 e. The molecule has 0 atom stereocenters. The average molecular weight is 229 g/mol. The number of hydrogen-bond donors (Lipinski definition) is 0. The molecule has 0 heterocycles. The summed E-state index contributed by atoms with van der Waals surface area (Å²) in [7, 11) is 0. The summed E-state index contributed by atoms with van der Waals surface area (Å²) >= 11 is 3.47. The van der Waals surface area contributed by atoms with Gasteiger partial charge in [-0.2, -0.15) is 0 Å². The molecule has 1 nitrogen and oxygen atoms in total. The van der Waals surface area contributed by atoms with Gasteiger partial charge >= 0.3 is 0 Å². The van der Waals surface area contributed by atoms with Gasteiger partial charge in [-0.05, 0) is 53.9 Å². The second-order valence-electron chi connectivity index (χ2n) is 2.83. The number of ether oxygens (including phenoxy) is 1. The molecule has 0 saturated heterocycles. The topological polar surface area (TPSA) is 9.23 Å². The third-order valence-electron chi connectivity index (χ3n) is 1.66. The Morgan fingerprint density at radius 2 is 2.00 bits per heavy atom. The van der Waals surface area contributed by atoms with Crippen molar-refractivity contribution in [3.8, 4) is 5.75 Å². The van der Waals surface area contributed by atoms with Crippen molar-refractivity contribution in [3.05, 3.63) is 27.7 Å². The highest BCUT2D eigenvalue weighted by Crippen LogP contribution is 2.29. The van der Waals surface area contributed by atoms with E-state index in [2.05, 4.69) is 41.9 Å². The first-order chi connectivity index (χ1) is 5.65. The molecule has 0 bridgehead atoms. The Balaban J connectivity index is 3.10. The fourth-order valence-corrected chi connectivity index (χ4v) is 2.02. The molecular formula is C10H13BrO. The Bertz CT molecular complexity index is 258. The lowest BCUT2D eigenvalue weighted by Crippen LogP contribution is -1.95. The molecule has 0 aliphatic carbocycles. The maximum atomic E-state index is 5.48. The van der Waals surface area contributed by atoms with Crippen LogP contribution in [0.2, 0.25) is 0 Å². The Kier molecular flexibility index (Phi) is 3.15. The summed E-state index contributed by atoms with van der Waals surface area (Å²) in [6.07, 6.45) is 0. The zero-order valence-electron chi connectivity index (χ0n) is 7.65. The smallest absolute Gasteiger partial charge is 0.136 e. The molecule has 0 aromatic heterocycles. The van der Waals surface area contributed by atoms with E-state index >= 15 is 0 Å². The van der Waals surface area contributed by atoms with Crippen LogP contribution in [-0.4, -0.2) is 6.61 Å². The van der Waals surface area contributed by atoms with Crippen LogP contribution in [0.5, 0.6) is 5.75 Å². The van der Waals surface area contributed by atoms with Gasteiger partial charge in [0.1, 0.15) is 5.75 Å². The van der Waals surface area contributed by atoms with Crippen LogP contribution in [0.3, 0.4) is 0 Å². The average Bonchev–Trinajstić information content (AvgIpc) is 1.96. The second-order valence-corrected chi connectivity index (χ2v) is 3.68. The number of rotatable bonds is 2. The zero-order chi connectivity index (χ0) is 9.14. The summed E-state index contributed by atoms with van der Waals surface area (Å²) in [5.74, 6) is 0.961. The summed E-state index contributed by atoms with van der Waals surface area (Å²) in [5.41, 5.74) is 2.44. The van der Waals surface area contributed by atoms with Crippen LogP contribution < -0.4 is 4.74 Å². The van der Waals surface area contributed by atoms with Crippen LogP contribution in [0.25, 0.3) is 0 Å². The first-order valence-corrected chi connectivity index (χ1v) is 4.84. The van der Waals surface area contributed by atoms with E-state index in [-0.39, 0.29) is 0 Å². The Morgan fingerprint density at radius 1 is 1.33 bits per heavy atom. The van der Waals surface area contributed by atoms with Crippen molar-refractivity contribution in [3.63, 3.8) is 0 Å². The third-order valence-corrected chi connectivity index (χ3v) is 2.25. The minimum Gasteiger partial charge on any atom is -0.492 e. The van der Waals surface area contributed by atoms with Crippen LogP contribution in [0.15, 0.2) is 16.6 Å². The summed E-state index contributed by atoms with van der Waals surface area (Å²) in [5, 5.41) is 0. The predicted molar refractivity (Wildman–Crippen MR) is 54.8 cm³/mol. The largest absolute Gasteiger partial charge is 0.492 e. The Morgan fingerprint density at radius 3 is 2.50 bits per heavy atom. The first kappa shape index (κ1) is 9.59. The third kappa shape index (κ3) is 2.01. The summed E-state index contributed by atoms with van der Waals surface area (Å²) in [4.78, 5) is 0. The van der Waals surface area contributed by atoms with Crippen molar-refractivity contribution in [2.24, 2.45) is 0 Å². The second kappa shape index (κ2) is 3.94. The first-order valence-electron chi connectivity index (χ1n) is 4.04. The molecule has 0 radical (unpaired) electrons. The van der Waals surface area contributed by atoms with Gasteiger partial charge < -0.3 is 4.74 Å². The minimum atomic E-state index is 0.711. The van der Waals surface area contributed by atoms with E-state index in [0.29, 0.717) is 6.61 Å². The molecule has 1 rings (SSSR count). The van der Waals surface area contributed by atoms with Crippen molar-refractivity contribution >= 4 is 15.9 Å². The summed E-state index contributed by atoms with van der Waals surface area (Å²) in [6.45, 7) is 6.84. The number of hydrogen-bond acceptors (Lipinski definition) is 1. The highest BCUT2D eigenvalue weighted by atomic mass is 79.9. The molecule has 1 aromatic rings. The molecule has 0 aliphatic heterocycles. The van der Waals surface area contributed by atoms with Gasteiger partial charge in [0.25, 0.3) is 0 Å². The number of benzene rings is 1. The van der Waals surface area contributed by atoms with Crippen LogP contribution in [-0.2, 0) is 0 Å². The van der Waals surface area contributed by atoms with E-state index in [9.17, 15) is 0 Å². The van der Waals surface area contributed by atoms with Gasteiger partial charge in [0, 0.05) is 0 Å². The fourth-order valence-electron chi connectivity index (χ4n) is 1.23. The molecule has 0 unspecified atom stereocenters. The monoisotopic (exact) mass is 228 g/mol. The van der Waals surface area contributed by atoms with Gasteiger partial charge in [-0.15, -0.1) is 0 Å². The molecule has 2 heteroatoms. The van der Waals surface area contributed by atoms with Gasteiger partial charge in [-0.25, -0.2) is 0 Å². The Labute approximate surface area is 81.9 Å². The standard InChI is InChI=1S/C10H13BrO/c1-4-12-10-8(3)5-7(2)6-9(10)11/h5-6H,4H2,1-3H3. The quantitative estimate of drug-likeness (QED) is 0.754. The molecule has 0 aliphatic rings. The van der Waals surface area contributed by atoms with E-state index in [1.807, 2.05) is 6.92 Å². The highest BCUT2D eigenvalue weighted by molar-refractivity contribution is 9.10. The lowest BCUT2D eigenvalue weighted by atomic mass is 10.1. The Hall–Kier alpha value is -0.500. The molecule has 1 aromatic carbocycles. The van der Waals surface area contributed by atoms with Gasteiger partial charge in [0.05, 0.1) is 11.1 Å². The highest BCUT2D eigenvalue weighted by Gasteiger charge is 2.04. The van der Waals surface area contributed by atoms with Crippen LogP contribution in [0.4, 0.5) is 0 Å². The van der Waals surface area contributed by atoms with E-state index in [1.54, 1.807) is 0 Å². The van der Waals surface area contributed by atoms with Crippen LogP contribution >= 0.6 is 15.9 Å². The van der Waals surface area contributed by atoms with E-state index in [0.717, 1.165) is 10.2 Å². The van der Waals surface area contributed by atoms with Gasteiger partial charge in [-0.3, -0.25) is 0 Å². The summed E-state index contributed by atoms with van der Waals surface area (Å²) in [6, 6.07) is 4.19. The van der Waals surface area contributed by atoms with Crippen molar-refractivity contribution < 1.29 is 4.74 Å². The number of aryl methyl sites for hydroxylation is 2. The zero-order valence-corrected chi connectivity index (χ0v) is 9.23. The van der Waals surface area contributed by atoms with E-state index in [4.69, 9.17) is 4.74 Å². The van der Waals surface area contributed by atoms with Crippen molar-refractivity contribution in [1.82, 2.24) is 0 Å². The van der Waals surface area contributed by atoms with Crippen LogP contribution in [0.1, 0.15) is 18.1 Å². The van der Waals surface area contributed by atoms with Gasteiger partial charge in [-0.1, -0.05) is 6.07 Å². The lowest BCUT2D eigenvalue weighted by Gasteiger charge is -2.09. The summed E-state index contributed by atoms with van der Waals surface area (Å²) < 4.78 is 6.52. The van der Waals surface area contributed by atoms with E-state index in [1.165, 1.54) is 11.1 Å². The normalized spacial score (nSPS) is 10.0. The molecule has 66 valence electrons. The predicted octanol–water partition coefficient (Wildman–Crippen LogP) is 3.46. The molecule has 0 amide bonds. The van der Waals surface area contributed by atoms with Crippen molar-refractivity contribution in [2.75, 3.05) is 6.61 Å².